The van der Waals surface area contributed by atoms with E-state index >= 15 is 0 Å². The summed E-state index contributed by atoms with van der Waals surface area (Å²) in [5.41, 5.74) is 0. The highest BCUT2D eigenvalue weighted by molar-refractivity contribution is 9.10. The molecular formula is C10H13BrN2OS. The molecule has 1 amide bonds. The van der Waals surface area contributed by atoms with Crippen molar-refractivity contribution in [2.24, 2.45) is 0 Å². The van der Waals surface area contributed by atoms with E-state index < -0.39 is 0 Å². The van der Waals surface area contributed by atoms with Crippen LogP contribution in [0.4, 0.5) is 0 Å². The van der Waals surface area contributed by atoms with Crippen LogP contribution >= 0.6 is 27.3 Å². The number of nitrogens with zero attached hydrogens (tertiary/aromatic N) is 1. The molecule has 1 N–H and O–H groups in total. The lowest BCUT2D eigenvalue weighted by Gasteiger charge is -2.33. The molecule has 5 heteroatoms. The van der Waals surface area contributed by atoms with Gasteiger partial charge in [0.1, 0.15) is 0 Å². The first kappa shape index (κ1) is 11.1. The quantitative estimate of drug-likeness (QED) is 0.857. The lowest BCUT2D eigenvalue weighted by atomic mass is 10.2. The Bertz CT molecular complexity index is 366. The molecule has 1 aliphatic rings. The summed E-state index contributed by atoms with van der Waals surface area (Å²) in [6.07, 6.45) is 0. The summed E-state index contributed by atoms with van der Waals surface area (Å²) in [4.78, 5) is 14.9. The fraction of sp³-hybridized carbons (Fsp3) is 0.500. The van der Waals surface area contributed by atoms with Gasteiger partial charge >= 0.3 is 0 Å². The minimum Gasteiger partial charge on any atom is -0.333 e. The number of rotatable bonds is 1. The molecule has 82 valence electrons. The second kappa shape index (κ2) is 4.63. The van der Waals surface area contributed by atoms with Crippen LogP contribution in [0, 0.1) is 0 Å². The maximum Gasteiger partial charge on any atom is 0.264 e. The summed E-state index contributed by atoms with van der Waals surface area (Å²) in [6.45, 7) is 4.66. The summed E-state index contributed by atoms with van der Waals surface area (Å²) >= 11 is 4.86. The monoisotopic (exact) mass is 288 g/mol. The van der Waals surface area contributed by atoms with Gasteiger partial charge in [0, 0.05) is 35.5 Å². The summed E-state index contributed by atoms with van der Waals surface area (Å²) in [5.74, 6) is 0.153. The van der Waals surface area contributed by atoms with E-state index in [4.69, 9.17) is 0 Å². The average molecular weight is 289 g/mol. The van der Waals surface area contributed by atoms with Crippen LogP contribution in [0.25, 0.3) is 0 Å². The molecule has 3 nitrogen and oxygen atoms in total. The minimum absolute atomic E-state index is 0.153. The Hall–Kier alpha value is -0.390. The molecule has 15 heavy (non-hydrogen) atoms. The molecule has 1 unspecified atom stereocenters. The van der Waals surface area contributed by atoms with Crippen molar-refractivity contribution >= 4 is 33.2 Å². The van der Waals surface area contributed by atoms with Crippen LogP contribution in [0.5, 0.6) is 0 Å². The van der Waals surface area contributed by atoms with Crippen molar-refractivity contribution in [3.05, 3.63) is 20.8 Å². The van der Waals surface area contributed by atoms with E-state index in [0.717, 1.165) is 29.0 Å². The zero-order chi connectivity index (χ0) is 10.8. The van der Waals surface area contributed by atoms with Crippen molar-refractivity contribution < 1.29 is 4.79 Å². The molecule has 1 fully saturated rings. The Balaban J connectivity index is 2.13. The maximum absolute atomic E-state index is 12.1. The lowest BCUT2D eigenvalue weighted by molar-refractivity contribution is 0.0661. The van der Waals surface area contributed by atoms with Gasteiger partial charge in [-0.15, -0.1) is 11.3 Å². The topological polar surface area (TPSA) is 32.3 Å². The van der Waals surface area contributed by atoms with E-state index in [1.54, 1.807) is 0 Å². The van der Waals surface area contributed by atoms with Gasteiger partial charge in [-0.25, -0.2) is 0 Å². The first-order valence-corrected chi connectivity index (χ1v) is 6.61. The SMILES string of the molecule is CC1CNCCN1C(=O)c1cc(Br)cs1. The Morgan fingerprint density at radius 3 is 3.13 bits per heavy atom. The average Bonchev–Trinajstić information content (AvgIpc) is 2.65. The molecule has 0 aliphatic carbocycles. The summed E-state index contributed by atoms with van der Waals surface area (Å²) in [5, 5.41) is 5.22. The number of amides is 1. The molecule has 1 aromatic rings. The largest absolute Gasteiger partial charge is 0.333 e. The highest BCUT2D eigenvalue weighted by Gasteiger charge is 2.24. The Kier molecular flexibility index (Phi) is 3.43. The van der Waals surface area contributed by atoms with E-state index in [1.807, 2.05) is 16.3 Å². The Morgan fingerprint density at radius 2 is 2.53 bits per heavy atom. The number of hydrogen-bond acceptors (Lipinski definition) is 3. The van der Waals surface area contributed by atoms with E-state index in [0.29, 0.717) is 0 Å². The van der Waals surface area contributed by atoms with Gasteiger partial charge in [0.05, 0.1) is 4.88 Å². The second-order valence-corrected chi connectivity index (χ2v) is 5.51. The van der Waals surface area contributed by atoms with Crippen molar-refractivity contribution in [2.75, 3.05) is 19.6 Å². The van der Waals surface area contributed by atoms with Gasteiger partial charge < -0.3 is 10.2 Å². The molecule has 0 aromatic carbocycles. The number of carbonyl (C=O) groups excluding carboxylic acids is 1. The third-order valence-corrected chi connectivity index (χ3v) is 4.22. The Morgan fingerprint density at radius 1 is 1.73 bits per heavy atom. The van der Waals surface area contributed by atoms with Gasteiger partial charge in [-0.05, 0) is 28.9 Å². The molecule has 0 bridgehead atoms. The molecule has 1 aliphatic heterocycles. The van der Waals surface area contributed by atoms with E-state index in [1.165, 1.54) is 11.3 Å². The number of hydrogen-bond donors (Lipinski definition) is 1. The number of carbonyl (C=O) groups is 1. The molecule has 2 heterocycles. The Labute approximate surface area is 102 Å². The van der Waals surface area contributed by atoms with Crippen molar-refractivity contribution in [3.63, 3.8) is 0 Å². The standard InChI is InChI=1S/C10H13BrN2OS/c1-7-5-12-2-3-13(7)10(14)9-4-8(11)6-15-9/h4,6-7,12H,2-3,5H2,1H3. The van der Waals surface area contributed by atoms with E-state index in [2.05, 4.69) is 28.2 Å². The van der Waals surface area contributed by atoms with Crippen molar-refractivity contribution in [1.29, 1.82) is 0 Å². The lowest BCUT2D eigenvalue weighted by Crippen LogP contribution is -2.52. The summed E-state index contributed by atoms with van der Waals surface area (Å²) in [6, 6.07) is 2.18. The van der Waals surface area contributed by atoms with Crippen LogP contribution in [-0.2, 0) is 0 Å². The molecule has 1 aromatic heterocycles. The normalized spacial score (nSPS) is 21.7. The van der Waals surface area contributed by atoms with Gasteiger partial charge in [-0.3, -0.25) is 4.79 Å². The van der Waals surface area contributed by atoms with Gasteiger partial charge in [0.2, 0.25) is 0 Å². The fourth-order valence-electron chi connectivity index (χ4n) is 1.71. The molecular weight excluding hydrogens is 276 g/mol. The van der Waals surface area contributed by atoms with Crippen LogP contribution in [0.3, 0.4) is 0 Å². The third kappa shape index (κ3) is 2.41. The van der Waals surface area contributed by atoms with Crippen LogP contribution in [-0.4, -0.2) is 36.5 Å². The van der Waals surface area contributed by atoms with E-state index in [-0.39, 0.29) is 11.9 Å². The fourth-order valence-corrected chi connectivity index (χ4v) is 3.09. The third-order valence-electron chi connectivity index (χ3n) is 2.54. The smallest absolute Gasteiger partial charge is 0.264 e. The van der Waals surface area contributed by atoms with Crippen molar-refractivity contribution in [3.8, 4) is 0 Å². The molecule has 0 saturated carbocycles. The van der Waals surface area contributed by atoms with Crippen LogP contribution in [0.1, 0.15) is 16.6 Å². The molecule has 0 radical (unpaired) electrons. The molecule has 0 spiro atoms. The first-order valence-electron chi connectivity index (χ1n) is 4.94. The number of piperazine rings is 1. The number of halogens is 1. The predicted octanol–water partition coefficient (Wildman–Crippen LogP) is 1.94. The highest BCUT2D eigenvalue weighted by atomic mass is 79.9. The van der Waals surface area contributed by atoms with Crippen LogP contribution < -0.4 is 5.32 Å². The summed E-state index contributed by atoms with van der Waals surface area (Å²) in [7, 11) is 0. The zero-order valence-corrected chi connectivity index (χ0v) is 10.9. The van der Waals surface area contributed by atoms with Gasteiger partial charge in [0.15, 0.2) is 0 Å². The highest BCUT2D eigenvalue weighted by Crippen LogP contribution is 2.22. The second-order valence-electron chi connectivity index (χ2n) is 3.68. The molecule has 2 rings (SSSR count). The maximum atomic E-state index is 12.1. The molecule has 1 saturated heterocycles. The van der Waals surface area contributed by atoms with Gasteiger partial charge in [-0.1, -0.05) is 0 Å². The molecule has 1 atom stereocenters. The number of nitrogens with one attached hydrogen (secondary N) is 1. The summed E-state index contributed by atoms with van der Waals surface area (Å²) < 4.78 is 0.985. The zero-order valence-electron chi connectivity index (χ0n) is 8.50. The predicted molar refractivity (Wildman–Crippen MR) is 65.4 cm³/mol. The van der Waals surface area contributed by atoms with Gasteiger partial charge in [0.25, 0.3) is 5.91 Å². The van der Waals surface area contributed by atoms with Gasteiger partial charge in [-0.2, -0.15) is 0 Å². The first-order chi connectivity index (χ1) is 7.18. The van der Waals surface area contributed by atoms with E-state index in [9.17, 15) is 4.79 Å². The van der Waals surface area contributed by atoms with Crippen molar-refractivity contribution in [2.45, 2.75) is 13.0 Å². The van der Waals surface area contributed by atoms with Crippen LogP contribution in [0.2, 0.25) is 0 Å². The number of thiophene rings is 1. The minimum atomic E-state index is 0.153. The van der Waals surface area contributed by atoms with Crippen LogP contribution in [0.15, 0.2) is 15.9 Å². The van der Waals surface area contributed by atoms with Crippen molar-refractivity contribution in [1.82, 2.24) is 10.2 Å².